The Morgan fingerprint density at radius 1 is 0.630 bits per heavy atom. The summed E-state index contributed by atoms with van der Waals surface area (Å²) in [6, 6.07) is 53.6. The number of nitrogens with zero attached hydrogens (tertiary/aromatic N) is 2. The molecule has 9 rings (SSSR count). The minimum atomic E-state index is 0.335. The number of anilines is 6. The summed E-state index contributed by atoms with van der Waals surface area (Å²) in [6.45, 7) is 8.76. The Balaban J connectivity index is 1.02. The molecule has 1 unspecified atom stereocenters. The molecule has 0 spiro atoms. The van der Waals surface area contributed by atoms with Crippen LogP contribution in [-0.2, 0) is 6.42 Å². The topological polar surface area (TPSA) is 6.48 Å². The number of fused-ring (bicyclic) bond motifs is 3. The maximum atomic E-state index is 4.18. The second-order valence-corrected chi connectivity index (χ2v) is 14.8. The first-order valence-electron chi connectivity index (χ1n) is 19.5. The fourth-order valence-electron chi connectivity index (χ4n) is 8.94. The lowest BCUT2D eigenvalue weighted by atomic mass is 9.97. The number of benzene rings is 6. The smallest absolute Gasteiger partial charge is 0.0465 e. The summed E-state index contributed by atoms with van der Waals surface area (Å²) in [6.07, 6.45) is 12.3. The summed E-state index contributed by atoms with van der Waals surface area (Å²) in [4.78, 5) is 4.76. The van der Waals surface area contributed by atoms with E-state index in [2.05, 4.69) is 194 Å². The van der Waals surface area contributed by atoms with Crippen LogP contribution in [0.1, 0.15) is 67.7 Å². The van der Waals surface area contributed by atoms with E-state index in [0.29, 0.717) is 5.92 Å². The molecule has 0 N–H and O–H groups in total. The molecule has 2 nitrogen and oxygen atoms in total. The maximum absolute atomic E-state index is 4.18. The standard InChI is InChI=1S/C52H46N2/c1-4-14-50-47(5-2)36(3)52-35-46(30-32-51(50)52)54(42-18-10-7-11-19-42)44-27-23-38(24-28-44)37-21-25-43(26-22-37)53(41-16-8-6-9-17-41)45-29-31-49-40(34-45)33-39-15-12-13-20-48(39)49/h5-12,15-19,21-32,34-36H,2,4,13-14,20,33H2,1,3H3. The van der Waals surface area contributed by atoms with Crippen LogP contribution in [0.3, 0.4) is 0 Å². The van der Waals surface area contributed by atoms with E-state index in [0.717, 1.165) is 54.9 Å². The molecule has 0 aliphatic heterocycles. The molecule has 0 aromatic heterocycles. The van der Waals surface area contributed by atoms with Gasteiger partial charge in [0.2, 0.25) is 0 Å². The van der Waals surface area contributed by atoms with E-state index < -0.39 is 0 Å². The predicted octanol–water partition coefficient (Wildman–Crippen LogP) is 14.8. The molecule has 6 aromatic rings. The molecule has 2 heteroatoms. The summed E-state index contributed by atoms with van der Waals surface area (Å²) < 4.78 is 0. The molecule has 3 aliphatic carbocycles. The Bertz CT molecular complexity index is 2430. The summed E-state index contributed by atoms with van der Waals surface area (Å²) in [5.41, 5.74) is 20.8. The average Bonchev–Trinajstić information content (AvgIpc) is 3.73. The summed E-state index contributed by atoms with van der Waals surface area (Å²) in [5, 5.41) is 0. The van der Waals surface area contributed by atoms with Crippen LogP contribution in [0.15, 0.2) is 182 Å². The Kier molecular flexibility index (Phi) is 8.97. The highest BCUT2D eigenvalue weighted by Crippen LogP contribution is 2.47. The van der Waals surface area contributed by atoms with Crippen LogP contribution in [0, 0.1) is 0 Å². The van der Waals surface area contributed by atoms with Crippen molar-refractivity contribution < 1.29 is 0 Å². The molecule has 0 heterocycles. The third kappa shape index (κ3) is 6.02. The zero-order chi connectivity index (χ0) is 36.6. The second-order valence-electron chi connectivity index (χ2n) is 14.8. The average molecular weight is 699 g/mol. The molecule has 0 saturated carbocycles. The zero-order valence-corrected chi connectivity index (χ0v) is 31.3. The van der Waals surface area contributed by atoms with Gasteiger partial charge in [0, 0.05) is 40.0 Å². The van der Waals surface area contributed by atoms with Gasteiger partial charge in [-0.2, -0.15) is 0 Å². The zero-order valence-electron chi connectivity index (χ0n) is 31.3. The van der Waals surface area contributed by atoms with Crippen molar-refractivity contribution in [2.24, 2.45) is 0 Å². The molecule has 0 amide bonds. The van der Waals surface area contributed by atoms with E-state index in [-0.39, 0.29) is 0 Å². The van der Waals surface area contributed by atoms with Crippen molar-refractivity contribution in [3.63, 3.8) is 0 Å². The summed E-state index contributed by atoms with van der Waals surface area (Å²) >= 11 is 0. The lowest BCUT2D eigenvalue weighted by Gasteiger charge is -2.27. The van der Waals surface area contributed by atoms with Crippen LogP contribution in [0.5, 0.6) is 0 Å². The first-order valence-corrected chi connectivity index (χ1v) is 19.5. The van der Waals surface area contributed by atoms with Crippen molar-refractivity contribution in [2.75, 3.05) is 9.80 Å². The minimum absolute atomic E-state index is 0.335. The number of hydrogen-bond donors (Lipinski definition) is 0. The molecule has 0 fully saturated rings. The van der Waals surface area contributed by atoms with Gasteiger partial charge in [-0.25, -0.2) is 0 Å². The fourth-order valence-corrected chi connectivity index (χ4v) is 8.94. The molecule has 3 aliphatic rings. The largest absolute Gasteiger partial charge is 0.310 e. The Labute approximate surface area is 320 Å². The van der Waals surface area contributed by atoms with Gasteiger partial charge in [-0.15, -0.1) is 0 Å². The highest BCUT2D eigenvalue weighted by molar-refractivity contribution is 5.86. The first kappa shape index (κ1) is 33.7. The van der Waals surface area contributed by atoms with Crippen LogP contribution in [0.25, 0.3) is 22.3 Å². The number of hydrogen-bond acceptors (Lipinski definition) is 2. The van der Waals surface area contributed by atoms with Gasteiger partial charge in [0.15, 0.2) is 0 Å². The van der Waals surface area contributed by atoms with Crippen molar-refractivity contribution in [1.29, 1.82) is 0 Å². The fraction of sp³-hybridized carbons (Fsp3) is 0.154. The van der Waals surface area contributed by atoms with Gasteiger partial charge < -0.3 is 9.80 Å². The van der Waals surface area contributed by atoms with Crippen molar-refractivity contribution in [1.82, 2.24) is 0 Å². The lowest BCUT2D eigenvalue weighted by molar-refractivity contribution is 0.936. The van der Waals surface area contributed by atoms with E-state index in [1.165, 1.54) is 67.0 Å². The quantitative estimate of drug-likeness (QED) is 0.141. The Hall–Kier alpha value is -6.12. The van der Waals surface area contributed by atoms with Crippen LogP contribution in [-0.4, -0.2) is 0 Å². The van der Waals surface area contributed by atoms with Crippen molar-refractivity contribution in [2.45, 2.75) is 51.9 Å². The van der Waals surface area contributed by atoms with E-state index in [1.54, 1.807) is 0 Å². The second kappa shape index (κ2) is 14.4. The Morgan fingerprint density at radius 3 is 1.74 bits per heavy atom. The molecule has 264 valence electrons. The molecular weight excluding hydrogens is 653 g/mol. The van der Waals surface area contributed by atoms with Crippen molar-refractivity contribution in [3.8, 4) is 11.1 Å². The van der Waals surface area contributed by atoms with E-state index >= 15 is 0 Å². The monoisotopic (exact) mass is 698 g/mol. The Morgan fingerprint density at radius 2 is 1.17 bits per heavy atom. The third-order valence-corrected chi connectivity index (χ3v) is 11.6. The maximum Gasteiger partial charge on any atom is 0.0465 e. The van der Waals surface area contributed by atoms with E-state index in [9.17, 15) is 0 Å². The number of para-hydroxylation sites is 2. The van der Waals surface area contributed by atoms with Gasteiger partial charge in [-0.05, 0) is 154 Å². The van der Waals surface area contributed by atoms with E-state index in [1.807, 2.05) is 0 Å². The lowest BCUT2D eigenvalue weighted by Crippen LogP contribution is -2.10. The number of rotatable bonds is 10. The first-order chi connectivity index (χ1) is 26.6. The molecule has 1 atom stereocenters. The van der Waals surface area contributed by atoms with Crippen LogP contribution >= 0.6 is 0 Å². The summed E-state index contributed by atoms with van der Waals surface area (Å²) in [5.74, 6) is 0.335. The van der Waals surface area contributed by atoms with Gasteiger partial charge in [-0.3, -0.25) is 0 Å². The molecule has 54 heavy (non-hydrogen) atoms. The van der Waals surface area contributed by atoms with Crippen LogP contribution < -0.4 is 9.80 Å². The predicted molar refractivity (Wildman–Crippen MR) is 231 cm³/mol. The van der Waals surface area contributed by atoms with Gasteiger partial charge in [0.1, 0.15) is 0 Å². The summed E-state index contributed by atoms with van der Waals surface area (Å²) in [7, 11) is 0. The van der Waals surface area contributed by atoms with E-state index in [4.69, 9.17) is 0 Å². The molecule has 6 aromatic carbocycles. The third-order valence-electron chi connectivity index (χ3n) is 11.6. The van der Waals surface area contributed by atoms with Crippen molar-refractivity contribution in [3.05, 3.63) is 204 Å². The molecule has 0 bridgehead atoms. The SMILES string of the molecule is C=CC1=C(CCC)c2ccc(N(c3ccccc3)c3ccc(-c4ccc(N(c5ccccc5)c5ccc6c(c5)CC5=C6CCC=C5)cc4)cc3)cc2C1C. The minimum Gasteiger partial charge on any atom is -0.310 e. The highest BCUT2D eigenvalue weighted by Gasteiger charge is 2.28. The van der Waals surface area contributed by atoms with Gasteiger partial charge in [0.25, 0.3) is 0 Å². The van der Waals surface area contributed by atoms with Gasteiger partial charge >= 0.3 is 0 Å². The molecular formula is C52H46N2. The van der Waals surface area contributed by atoms with Crippen LogP contribution in [0.2, 0.25) is 0 Å². The highest BCUT2D eigenvalue weighted by atomic mass is 15.1. The number of allylic oxidation sites excluding steroid dienone is 7. The van der Waals surface area contributed by atoms with Crippen LogP contribution in [0.4, 0.5) is 34.1 Å². The van der Waals surface area contributed by atoms with Gasteiger partial charge in [-0.1, -0.05) is 118 Å². The normalized spacial score (nSPS) is 15.6. The van der Waals surface area contributed by atoms with Gasteiger partial charge in [0.05, 0.1) is 0 Å². The molecule has 0 radical (unpaired) electrons. The molecule has 0 saturated heterocycles. The van der Waals surface area contributed by atoms with Crippen molar-refractivity contribution >= 4 is 45.3 Å².